The van der Waals surface area contributed by atoms with Crippen LogP contribution in [0.4, 0.5) is 11.6 Å². The number of amides is 2. The third-order valence-corrected chi connectivity index (χ3v) is 10.3. The molecule has 2 saturated carbocycles. The largest absolute Gasteiger partial charge is 0.493 e. The van der Waals surface area contributed by atoms with Gasteiger partial charge in [0.15, 0.2) is 22.9 Å². The van der Waals surface area contributed by atoms with Crippen LogP contribution in [-0.2, 0) is 0 Å². The molecular formula is C44H43ClN8O6. The molecule has 0 aliphatic heterocycles. The van der Waals surface area contributed by atoms with Crippen molar-refractivity contribution in [3.05, 3.63) is 141 Å². The smallest absolute Gasteiger partial charge is 0.251 e. The van der Waals surface area contributed by atoms with Crippen LogP contribution in [0.5, 0.6) is 11.5 Å². The van der Waals surface area contributed by atoms with Crippen molar-refractivity contribution in [1.29, 1.82) is 0 Å². The second-order valence-corrected chi connectivity index (χ2v) is 14.9. The van der Waals surface area contributed by atoms with Gasteiger partial charge in [-0.05, 0) is 117 Å². The maximum absolute atomic E-state index is 13.1. The lowest BCUT2D eigenvalue weighted by Crippen LogP contribution is -2.25. The van der Waals surface area contributed by atoms with E-state index in [4.69, 9.17) is 32.5 Å². The normalized spacial score (nSPS) is 13.2. The summed E-state index contributed by atoms with van der Waals surface area (Å²) < 4.78 is 13.8. The van der Waals surface area contributed by atoms with Crippen LogP contribution in [-0.4, -0.2) is 68.8 Å². The first-order valence-electron chi connectivity index (χ1n) is 18.9. The first-order chi connectivity index (χ1) is 28.4. The Balaban J connectivity index is 0.000000180. The topological polar surface area (TPSA) is 198 Å². The molecule has 2 aromatic heterocycles. The van der Waals surface area contributed by atoms with E-state index in [-0.39, 0.29) is 58.5 Å². The van der Waals surface area contributed by atoms with Gasteiger partial charge in [0.25, 0.3) is 11.8 Å². The number of nitrogens with one attached hydrogen (secondary N) is 2. The molecule has 8 rings (SSSR count). The van der Waals surface area contributed by atoms with Gasteiger partial charge in [-0.25, -0.2) is 9.97 Å². The van der Waals surface area contributed by atoms with Crippen molar-refractivity contribution >= 4 is 46.6 Å². The summed E-state index contributed by atoms with van der Waals surface area (Å²) in [5.74, 6) is 0.533. The summed E-state index contributed by atoms with van der Waals surface area (Å²) in [6.45, 7) is 3.82. The molecule has 0 spiro atoms. The van der Waals surface area contributed by atoms with E-state index >= 15 is 0 Å². The molecule has 2 amide bonds. The van der Waals surface area contributed by atoms with E-state index in [1.165, 1.54) is 26.9 Å². The van der Waals surface area contributed by atoms with Crippen LogP contribution >= 0.6 is 11.6 Å². The number of aromatic nitrogens is 4. The number of anilines is 2. The Bertz CT molecular complexity index is 2590. The molecule has 2 aliphatic carbocycles. The third kappa shape index (κ3) is 8.82. The molecule has 59 heavy (non-hydrogen) atoms. The molecule has 15 heteroatoms. The van der Waals surface area contributed by atoms with E-state index in [1.807, 2.05) is 26.0 Å². The summed E-state index contributed by atoms with van der Waals surface area (Å²) in [5.41, 5.74) is 18.0. The van der Waals surface area contributed by atoms with E-state index < -0.39 is 0 Å². The fourth-order valence-corrected chi connectivity index (χ4v) is 6.44. The van der Waals surface area contributed by atoms with Crippen molar-refractivity contribution in [3.63, 3.8) is 0 Å². The Morgan fingerprint density at radius 2 is 1.03 bits per heavy atom. The highest BCUT2D eigenvalue weighted by Crippen LogP contribution is 2.31. The highest BCUT2D eigenvalue weighted by atomic mass is 35.5. The van der Waals surface area contributed by atoms with Crippen LogP contribution in [0.1, 0.15) is 89.6 Å². The van der Waals surface area contributed by atoms with Crippen LogP contribution in [0.3, 0.4) is 0 Å². The summed E-state index contributed by atoms with van der Waals surface area (Å²) >= 11 is 5.88. The van der Waals surface area contributed by atoms with Crippen molar-refractivity contribution in [1.82, 2.24) is 29.7 Å². The molecule has 0 bridgehead atoms. The predicted octanol–water partition coefficient (Wildman–Crippen LogP) is 6.44. The van der Waals surface area contributed by atoms with Crippen LogP contribution < -0.4 is 31.6 Å². The lowest BCUT2D eigenvalue weighted by atomic mass is 10.1. The lowest BCUT2D eigenvalue weighted by molar-refractivity contribution is 0.0942. The molecule has 4 aromatic carbocycles. The number of imidazole rings is 2. The quantitative estimate of drug-likeness (QED) is 0.0997. The minimum Gasteiger partial charge on any atom is -0.493 e. The number of ketones is 2. The molecule has 0 saturated heterocycles. The van der Waals surface area contributed by atoms with Crippen LogP contribution in [0.2, 0.25) is 5.02 Å². The maximum Gasteiger partial charge on any atom is 0.251 e. The van der Waals surface area contributed by atoms with Gasteiger partial charge >= 0.3 is 0 Å². The van der Waals surface area contributed by atoms with Crippen molar-refractivity contribution < 1.29 is 28.7 Å². The minimum atomic E-state index is -0.336. The monoisotopic (exact) mass is 814 g/mol. The number of ether oxygens (including phenoxy) is 2. The average molecular weight is 815 g/mol. The highest BCUT2D eigenvalue weighted by Gasteiger charge is 2.26. The number of nitrogens with zero attached hydrogens (tertiary/aromatic N) is 4. The first kappa shape index (κ1) is 40.3. The standard InChI is InChI=1S/C23H24N4O4.C21H19ClN4O2/c1-13-4-5-15(23(29)26-16-7-8-16)10-17(13)27-12-25-20(22(27)24)21(28)14-6-9-18(30-2)19(11-14)31-3;1-12-2-3-14(21(28)25-16-8-9-16)10-17(12)26-11-24-18(20(26)23)19(27)13-4-6-15(22)7-5-13/h4-6,9-12,16H,7-8,24H2,1-3H3,(H,26,29);2-7,10-11,16H,8-9,23H2,1H3,(H,25,28). The number of carbonyl (C=O) groups is 4. The fraction of sp³-hybridized carbons (Fsp3) is 0.227. The van der Waals surface area contributed by atoms with E-state index in [2.05, 4.69) is 20.6 Å². The Kier molecular flexibility index (Phi) is 11.5. The molecular weight excluding hydrogens is 772 g/mol. The van der Waals surface area contributed by atoms with Crippen LogP contribution in [0.25, 0.3) is 11.4 Å². The predicted molar refractivity (Wildman–Crippen MR) is 224 cm³/mol. The maximum atomic E-state index is 13.1. The molecule has 6 aromatic rings. The molecule has 0 atom stereocenters. The summed E-state index contributed by atoms with van der Waals surface area (Å²) in [5, 5.41) is 6.50. The van der Waals surface area contributed by atoms with E-state index in [1.54, 1.807) is 75.9 Å². The van der Waals surface area contributed by atoms with Crippen LogP contribution in [0, 0.1) is 13.8 Å². The van der Waals surface area contributed by atoms with E-state index in [0.29, 0.717) is 50.2 Å². The van der Waals surface area contributed by atoms with Gasteiger partial charge in [-0.15, -0.1) is 0 Å². The Hall–Kier alpha value is -6.93. The SMILES string of the molecule is COc1ccc(C(=O)c2ncn(-c3cc(C(=O)NC4CC4)ccc3C)c2N)cc1OC.Cc1ccc(C(=O)NC2CC2)cc1-n1cnc(C(=O)c2ccc(Cl)cc2)c1N. The van der Waals surface area contributed by atoms with Gasteiger partial charge in [0.2, 0.25) is 11.6 Å². The molecule has 2 aliphatic rings. The molecule has 0 unspecified atom stereocenters. The molecule has 302 valence electrons. The van der Waals surface area contributed by atoms with E-state index in [0.717, 1.165) is 36.8 Å². The Morgan fingerprint density at radius 3 is 1.47 bits per heavy atom. The van der Waals surface area contributed by atoms with Crippen molar-refractivity contribution in [2.45, 2.75) is 51.6 Å². The Labute approximate surface area is 345 Å². The van der Waals surface area contributed by atoms with Crippen molar-refractivity contribution in [2.24, 2.45) is 0 Å². The van der Waals surface area contributed by atoms with E-state index in [9.17, 15) is 19.2 Å². The molecule has 2 fully saturated rings. The fourth-order valence-electron chi connectivity index (χ4n) is 6.31. The summed E-state index contributed by atoms with van der Waals surface area (Å²) in [6, 6.07) is 22.8. The zero-order valence-corrected chi connectivity index (χ0v) is 33.7. The number of nitrogens with two attached hydrogens (primary N) is 2. The number of benzene rings is 4. The number of carbonyl (C=O) groups excluding carboxylic acids is 4. The number of nitrogen functional groups attached to an aromatic ring is 2. The molecule has 2 heterocycles. The number of aryl methyl sites for hydroxylation is 2. The summed E-state index contributed by atoms with van der Waals surface area (Å²) in [7, 11) is 3.03. The van der Waals surface area contributed by atoms with Gasteiger partial charge in [-0.1, -0.05) is 23.7 Å². The Morgan fingerprint density at radius 1 is 0.610 bits per heavy atom. The van der Waals surface area contributed by atoms with Gasteiger partial charge in [-0.3, -0.25) is 28.3 Å². The number of methoxy groups -OCH3 is 2. The van der Waals surface area contributed by atoms with Gasteiger partial charge < -0.3 is 31.6 Å². The minimum absolute atomic E-state index is 0.111. The summed E-state index contributed by atoms with van der Waals surface area (Å²) in [4.78, 5) is 59.1. The zero-order valence-electron chi connectivity index (χ0n) is 32.9. The number of hydrogen-bond donors (Lipinski definition) is 4. The van der Waals surface area contributed by atoms with Gasteiger partial charge in [0.05, 0.1) is 25.6 Å². The number of rotatable bonds is 12. The van der Waals surface area contributed by atoms with Gasteiger partial charge in [0, 0.05) is 39.4 Å². The number of halogens is 1. The molecule has 6 N–H and O–H groups in total. The first-order valence-corrected chi connectivity index (χ1v) is 19.3. The van der Waals surface area contributed by atoms with Crippen molar-refractivity contribution in [2.75, 3.05) is 25.7 Å². The third-order valence-electron chi connectivity index (χ3n) is 10.1. The van der Waals surface area contributed by atoms with Crippen molar-refractivity contribution in [3.8, 4) is 22.9 Å². The van der Waals surface area contributed by atoms with Gasteiger partial charge in [-0.2, -0.15) is 0 Å². The summed E-state index contributed by atoms with van der Waals surface area (Å²) in [6.07, 6.45) is 7.07. The second kappa shape index (κ2) is 16.9. The number of hydrogen-bond acceptors (Lipinski definition) is 10. The zero-order chi connectivity index (χ0) is 42.0. The average Bonchev–Trinajstić information content (AvgIpc) is 4.17. The molecule has 14 nitrogen and oxygen atoms in total. The highest BCUT2D eigenvalue weighted by molar-refractivity contribution is 6.30. The second-order valence-electron chi connectivity index (χ2n) is 14.4. The van der Waals surface area contributed by atoms with Crippen LogP contribution in [0.15, 0.2) is 91.5 Å². The molecule has 0 radical (unpaired) electrons. The van der Waals surface area contributed by atoms with Gasteiger partial charge in [0.1, 0.15) is 24.3 Å². The lowest BCUT2D eigenvalue weighted by Gasteiger charge is -2.12.